The van der Waals surface area contributed by atoms with Crippen LogP contribution in [0.15, 0.2) is 18.3 Å². The number of aliphatic hydroxyl groups excluding tert-OH is 1. The molecule has 88 valence electrons. The molecule has 1 unspecified atom stereocenters. The van der Waals surface area contributed by atoms with Gasteiger partial charge in [-0.15, -0.1) is 0 Å². The van der Waals surface area contributed by atoms with E-state index in [4.69, 9.17) is 10.9 Å². The van der Waals surface area contributed by atoms with Crippen molar-refractivity contribution in [1.29, 1.82) is 0 Å². The van der Waals surface area contributed by atoms with Crippen LogP contribution in [0.25, 0.3) is 0 Å². The summed E-state index contributed by atoms with van der Waals surface area (Å²) < 4.78 is 0. The maximum atomic E-state index is 11.9. The summed E-state index contributed by atoms with van der Waals surface area (Å²) >= 11 is 0. The third-order valence-corrected chi connectivity index (χ3v) is 2.39. The van der Waals surface area contributed by atoms with Crippen molar-refractivity contribution < 1.29 is 9.90 Å². The fraction of sp³-hybridized carbons (Fsp3) is 0.400. The Balaban J connectivity index is 2.87. The molecule has 0 aromatic carbocycles. The third kappa shape index (κ3) is 2.68. The van der Waals surface area contributed by atoms with Crippen molar-refractivity contribution in [3.05, 3.63) is 24.0 Å². The van der Waals surface area contributed by atoms with Gasteiger partial charge >= 0.3 is 0 Å². The number of hydrazine groups is 1. The molecule has 1 aromatic rings. The SMILES string of the molecule is CC(CO)N(C)C(=O)c1cc(NN)ccn1. The first-order chi connectivity index (χ1) is 7.60. The van der Waals surface area contributed by atoms with Crippen molar-refractivity contribution in [2.75, 3.05) is 19.1 Å². The maximum absolute atomic E-state index is 11.9. The molecule has 0 aliphatic heterocycles. The number of nitrogens with zero attached hydrogens (tertiary/aromatic N) is 2. The molecule has 6 nitrogen and oxygen atoms in total. The molecule has 4 N–H and O–H groups in total. The summed E-state index contributed by atoms with van der Waals surface area (Å²) in [5, 5.41) is 8.96. The molecule has 0 saturated carbocycles. The number of amides is 1. The highest BCUT2D eigenvalue weighted by molar-refractivity contribution is 5.93. The van der Waals surface area contributed by atoms with Crippen LogP contribution in [-0.4, -0.2) is 40.6 Å². The molecule has 1 heterocycles. The van der Waals surface area contributed by atoms with Crippen molar-refractivity contribution in [2.24, 2.45) is 5.84 Å². The quantitative estimate of drug-likeness (QED) is 0.487. The molecule has 0 bridgehead atoms. The number of nitrogens with one attached hydrogen (secondary N) is 1. The average Bonchev–Trinajstić information content (AvgIpc) is 2.36. The zero-order valence-electron chi connectivity index (χ0n) is 9.34. The summed E-state index contributed by atoms with van der Waals surface area (Å²) in [5.41, 5.74) is 3.35. The summed E-state index contributed by atoms with van der Waals surface area (Å²) in [6.45, 7) is 1.67. The first-order valence-electron chi connectivity index (χ1n) is 4.90. The molecule has 1 rings (SSSR count). The summed E-state index contributed by atoms with van der Waals surface area (Å²) in [5.74, 6) is 4.99. The van der Waals surface area contributed by atoms with E-state index >= 15 is 0 Å². The highest BCUT2D eigenvalue weighted by Crippen LogP contribution is 2.09. The number of rotatable bonds is 4. The zero-order valence-corrected chi connectivity index (χ0v) is 9.34. The van der Waals surface area contributed by atoms with Gasteiger partial charge in [0.1, 0.15) is 5.69 Å². The molecular formula is C10H16N4O2. The van der Waals surface area contributed by atoms with Gasteiger partial charge in [0, 0.05) is 13.2 Å². The molecular weight excluding hydrogens is 208 g/mol. The number of aliphatic hydroxyl groups is 1. The van der Waals surface area contributed by atoms with E-state index in [-0.39, 0.29) is 18.6 Å². The number of pyridine rings is 1. The fourth-order valence-electron chi connectivity index (χ4n) is 1.14. The van der Waals surface area contributed by atoms with Gasteiger partial charge in [0.15, 0.2) is 0 Å². The van der Waals surface area contributed by atoms with Crippen LogP contribution in [-0.2, 0) is 0 Å². The first-order valence-corrected chi connectivity index (χ1v) is 4.90. The second kappa shape index (κ2) is 5.43. The Bertz CT molecular complexity index is 370. The summed E-state index contributed by atoms with van der Waals surface area (Å²) in [6.07, 6.45) is 1.50. The van der Waals surface area contributed by atoms with Crippen molar-refractivity contribution in [3.8, 4) is 0 Å². The van der Waals surface area contributed by atoms with Gasteiger partial charge in [-0.1, -0.05) is 0 Å². The molecule has 1 aromatic heterocycles. The van der Waals surface area contributed by atoms with Crippen molar-refractivity contribution in [3.63, 3.8) is 0 Å². The standard InChI is InChI=1S/C10H16N4O2/c1-7(6-15)14(2)10(16)9-5-8(13-11)3-4-12-9/h3-5,7,15H,6,11H2,1-2H3,(H,12,13). The Morgan fingerprint density at radius 3 is 3.00 bits per heavy atom. The lowest BCUT2D eigenvalue weighted by molar-refractivity contribution is 0.0676. The molecule has 0 radical (unpaired) electrons. The number of hydrogen-bond acceptors (Lipinski definition) is 5. The molecule has 1 amide bonds. The number of aromatic nitrogens is 1. The van der Waals surface area contributed by atoms with E-state index in [1.54, 1.807) is 26.1 Å². The number of likely N-dealkylation sites (N-methyl/N-ethyl adjacent to an activating group) is 1. The maximum Gasteiger partial charge on any atom is 0.272 e. The van der Waals surface area contributed by atoms with Crippen molar-refractivity contribution in [1.82, 2.24) is 9.88 Å². The Morgan fingerprint density at radius 1 is 1.75 bits per heavy atom. The summed E-state index contributed by atoms with van der Waals surface area (Å²) in [6, 6.07) is 2.97. The highest BCUT2D eigenvalue weighted by Gasteiger charge is 2.17. The number of carbonyl (C=O) groups excluding carboxylic acids is 1. The van der Waals surface area contributed by atoms with Gasteiger partial charge in [0.25, 0.3) is 5.91 Å². The lowest BCUT2D eigenvalue weighted by Crippen LogP contribution is -2.37. The van der Waals surface area contributed by atoms with E-state index in [2.05, 4.69) is 10.4 Å². The Kier molecular flexibility index (Phi) is 4.21. The minimum Gasteiger partial charge on any atom is -0.394 e. The van der Waals surface area contributed by atoms with Crippen LogP contribution in [0.4, 0.5) is 5.69 Å². The number of carbonyl (C=O) groups is 1. The van der Waals surface area contributed by atoms with Gasteiger partial charge in [-0.05, 0) is 19.1 Å². The summed E-state index contributed by atoms with van der Waals surface area (Å²) in [7, 11) is 1.62. The molecule has 0 aliphatic rings. The molecule has 6 heteroatoms. The molecule has 0 spiro atoms. The third-order valence-electron chi connectivity index (χ3n) is 2.39. The van der Waals surface area contributed by atoms with E-state index in [1.807, 2.05) is 0 Å². The predicted octanol–water partition coefficient (Wildman–Crippen LogP) is -0.180. The van der Waals surface area contributed by atoms with Gasteiger partial charge in [0.05, 0.1) is 18.3 Å². The normalized spacial score (nSPS) is 12.0. The molecule has 16 heavy (non-hydrogen) atoms. The Morgan fingerprint density at radius 2 is 2.44 bits per heavy atom. The molecule has 0 aliphatic carbocycles. The molecule has 1 atom stereocenters. The van der Waals surface area contributed by atoms with E-state index in [0.717, 1.165) is 0 Å². The van der Waals surface area contributed by atoms with E-state index in [9.17, 15) is 4.79 Å². The second-order valence-electron chi connectivity index (χ2n) is 3.52. The van der Waals surface area contributed by atoms with Crippen molar-refractivity contribution >= 4 is 11.6 Å². The second-order valence-corrected chi connectivity index (χ2v) is 3.52. The van der Waals surface area contributed by atoms with Gasteiger partial charge in [0.2, 0.25) is 0 Å². The van der Waals surface area contributed by atoms with Crippen LogP contribution in [0, 0.1) is 0 Å². The van der Waals surface area contributed by atoms with Crippen LogP contribution >= 0.6 is 0 Å². The fourth-order valence-corrected chi connectivity index (χ4v) is 1.14. The van der Waals surface area contributed by atoms with Crippen molar-refractivity contribution in [2.45, 2.75) is 13.0 Å². The zero-order chi connectivity index (χ0) is 12.1. The van der Waals surface area contributed by atoms with Crippen LogP contribution in [0.1, 0.15) is 17.4 Å². The lowest BCUT2D eigenvalue weighted by atomic mass is 10.2. The van der Waals surface area contributed by atoms with Crippen LogP contribution < -0.4 is 11.3 Å². The van der Waals surface area contributed by atoms with Gasteiger partial charge in [-0.3, -0.25) is 15.6 Å². The summed E-state index contributed by atoms with van der Waals surface area (Å²) in [4.78, 5) is 17.3. The van der Waals surface area contributed by atoms with Crippen LogP contribution in [0.2, 0.25) is 0 Å². The van der Waals surface area contributed by atoms with E-state index in [1.165, 1.54) is 11.1 Å². The molecule has 0 saturated heterocycles. The minimum absolute atomic E-state index is 0.0862. The average molecular weight is 224 g/mol. The Labute approximate surface area is 94.1 Å². The van der Waals surface area contributed by atoms with Gasteiger partial charge in [-0.25, -0.2) is 0 Å². The van der Waals surface area contributed by atoms with Crippen LogP contribution in [0.3, 0.4) is 0 Å². The first kappa shape index (κ1) is 12.4. The topological polar surface area (TPSA) is 91.5 Å². The monoisotopic (exact) mass is 224 g/mol. The Hall–Kier alpha value is -1.66. The number of nitrogens with two attached hydrogens (primary N) is 1. The minimum atomic E-state index is -0.251. The molecule has 0 fully saturated rings. The van der Waals surface area contributed by atoms with E-state index < -0.39 is 0 Å². The number of anilines is 1. The lowest BCUT2D eigenvalue weighted by Gasteiger charge is -2.22. The smallest absolute Gasteiger partial charge is 0.272 e. The van der Waals surface area contributed by atoms with E-state index in [0.29, 0.717) is 11.4 Å². The number of nitrogen functional groups attached to an aromatic ring is 1. The van der Waals surface area contributed by atoms with Gasteiger partial charge < -0.3 is 15.4 Å². The number of hydrogen-bond donors (Lipinski definition) is 3. The largest absolute Gasteiger partial charge is 0.394 e. The van der Waals surface area contributed by atoms with Gasteiger partial charge in [-0.2, -0.15) is 0 Å². The van der Waals surface area contributed by atoms with Crippen LogP contribution in [0.5, 0.6) is 0 Å². The highest BCUT2D eigenvalue weighted by atomic mass is 16.3. The predicted molar refractivity (Wildman–Crippen MR) is 60.7 cm³/mol.